The molecule has 0 aliphatic carbocycles. The number of hydrogen-bond acceptors (Lipinski definition) is 1. The van der Waals surface area contributed by atoms with Crippen LogP contribution < -0.4 is 5.32 Å². The van der Waals surface area contributed by atoms with Gasteiger partial charge in [-0.2, -0.15) is 13.2 Å². The molecule has 102 valence electrons. The summed E-state index contributed by atoms with van der Waals surface area (Å²) >= 11 is 11.5. The van der Waals surface area contributed by atoms with Crippen LogP contribution in [0.25, 0.3) is 0 Å². The fraction of sp³-hybridized carbons (Fsp3) is 0.500. The molecule has 1 aromatic carbocycles. The van der Waals surface area contributed by atoms with Gasteiger partial charge in [-0.05, 0) is 38.5 Å². The van der Waals surface area contributed by atoms with Crippen molar-refractivity contribution in [3.05, 3.63) is 33.8 Å². The summed E-state index contributed by atoms with van der Waals surface area (Å²) in [7, 11) is 0. The average Bonchev–Trinajstić information content (AvgIpc) is 2.11. The molecular formula is C12H14Cl2F3N. The first kappa shape index (κ1) is 15.6. The van der Waals surface area contributed by atoms with Crippen molar-refractivity contribution in [1.29, 1.82) is 0 Å². The quantitative estimate of drug-likeness (QED) is 0.811. The summed E-state index contributed by atoms with van der Waals surface area (Å²) < 4.78 is 39.2. The number of alkyl halides is 3. The molecule has 0 saturated heterocycles. The zero-order valence-electron chi connectivity index (χ0n) is 10.2. The molecule has 0 aliphatic rings. The molecule has 0 amide bonds. The topological polar surface area (TPSA) is 12.0 Å². The van der Waals surface area contributed by atoms with Crippen molar-refractivity contribution in [3.63, 3.8) is 0 Å². The second-order valence-corrected chi connectivity index (χ2v) is 5.88. The van der Waals surface area contributed by atoms with Gasteiger partial charge in [-0.15, -0.1) is 0 Å². The number of rotatable bonds is 2. The van der Waals surface area contributed by atoms with Gasteiger partial charge in [-0.3, -0.25) is 5.32 Å². The molecule has 1 rings (SSSR count). The molecule has 0 heterocycles. The van der Waals surface area contributed by atoms with Crippen LogP contribution >= 0.6 is 23.2 Å². The third-order valence-electron chi connectivity index (χ3n) is 2.18. The van der Waals surface area contributed by atoms with Crippen molar-refractivity contribution < 1.29 is 13.2 Å². The van der Waals surface area contributed by atoms with Crippen molar-refractivity contribution in [2.75, 3.05) is 0 Å². The van der Waals surface area contributed by atoms with Gasteiger partial charge in [0.05, 0.1) is 0 Å². The lowest BCUT2D eigenvalue weighted by Crippen LogP contribution is -2.45. The van der Waals surface area contributed by atoms with E-state index in [4.69, 9.17) is 23.2 Å². The van der Waals surface area contributed by atoms with Gasteiger partial charge in [0.1, 0.15) is 6.04 Å². The Bertz CT molecular complexity index is 424. The predicted octanol–water partition coefficient (Wildman–Crippen LogP) is 4.98. The number of hydrogen-bond donors (Lipinski definition) is 1. The summed E-state index contributed by atoms with van der Waals surface area (Å²) in [5.74, 6) is 0. The summed E-state index contributed by atoms with van der Waals surface area (Å²) in [4.78, 5) is 0. The van der Waals surface area contributed by atoms with Gasteiger partial charge in [-0.1, -0.05) is 29.3 Å². The van der Waals surface area contributed by atoms with Crippen LogP contribution in [-0.4, -0.2) is 11.7 Å². The largest absolute Gasteiger partial charge is 0.407 e. The lowest BCUT2D eigenvalue weighted by atomic mass is 10.0. The second kappa shape index (κ2) is 5.27. The summed E-state index contributed by atoms with van der Waals surface area (Å²) in [6.45, 7) is 4.99. The maximum absolute atomic E-state index is 13.1. The molecule has 0 fully saturated rings. The van der Waals surface area contributed by atoms with Gasteiger partial charge in [0, 0.05) is 15.6 Å². The van der Waals surface area contributed by atoms with Gasteiger partial charge in [0.25, 0.3) is 0 Å². The Hall–Kier alpha value is -0.450. The van der Waals surface area contributed by atoms with Crippen molar-refractivity contribution in [2.24, 2.45) is 0 Å². The third kappa shape index (κ3) is 4.34. The van der Waals surface area contributed by atoms with Crippen LogP contribution in [0.15, 0.2) is 18.2 Å². The van der Waals surface area contributed by atoms with E-state index in [0.29, 0.717) is 5.02 Å². The molecule has 0 aliphatic heterocycles. The number of benzene rings is 1. The molecule has 1 unspecified atom stereocenters. The van der Waals surface area contributed by atoms with E-state index in [1.807, 2.05) is 0 Å². The molecule has 1 N–H and O–H groups in total. The van der Waals surface area contributed by atoms with Crippen molar-refractivity contribution in [1.82, 2.24) is 5.32 Å². The Labute approximate surface area is 114 Å². The van der Waals surface area contributed by atoms with Crippen LogP contribution in [0.3, 0.4) is 0 Å². The van der Waals surface area contributed by atoms with E-state index in [2.05, 4.69) is 5.32 Å². The van der Waals surface area contributed by atoms with E-state index >= 15 is 0 Å². The van der Waals surface area contributed by atoms with Crippen molar-refractivity contribution >= 4 is 23.2 Å². The van der Waals surface area contributed by atoms with Gasteiger partial charge in [-0.25, -0.2) is 0 Å². The highest BCUT2D eigenvalue weighted by molar-refractivity contribution is 6.35. The normalized spacial score (nSPS) is 14.7. The van der Waals surface area contributed by atoms with E-state index in [1.165, 1.54) is 18.2 Å². The lowest BCUT2D eigenvalue weighted by molar-refractivity contribution is -0.161. The number of halogens is 5. The Kier molecular flexibility index (Phi) is 4.57. The standard InChI is InChI=1S/C12H14Cl2F3N/c1-11(2,3)18-10(12(15,16)17)8-5-4-7(13)6-9(8)14/h4-6,10,18H,1-3H3. The molecule has 0 bridgehead atoms. The van der Waals surface area contributed by atoms with E-state index in [1.54, 1.807) is 20.8 Å². The summed E-state index contributed by atoms with van der Waals surface area (Å²) in [5.41, 5.74) is -0.716. The zero-order valence-corrected chi connectivity index (χ0v) is 11.7. The minimum atomic E-state index is -4.43. The SMILES string of the molecule is CC(C)(C)NC(c1ccc(Cl)cc1Cl)C(F)(F)F. The van der Waals surface area contributed by atoms with Crippen LogP contribution in [0.4, 0.5) is 13.2 Å². The Balaban J connectivity index is 3.18. The third-order valence-corrected chi connectivity index (χ3v) is 2.74. The minimum Gasteiger partial charge on any atom is -0.298 e. The van der Waals surface area contributed by atoms with Gasteiger partial charge >= 0.3 is 6.18 Å². The summed E-state index contributed by atoms with van der Waals surface area (Å²) in [5, 5.41) is 2.83. The Morgan fingerprint density at radius 2 is 1.67 bits per heavy atom. The first-order valence-corrected chi connectivity index (χ1v) is 6.05. The monoisotopic (exact) mass is 299 g/mol. The fourth-order valence-electron chi connectivity index (χ4n) is 1.50. The smallest absolute Gasteiger partial charge is 0.298 e. The maximum Gasteiger partial charge on any atom is 0.407 e. The summed E-state index contributed by atoms with van der Waals surface area (Å²) in [6.07, 6.45) is -4.43. The van der Waals surface area contributed by atoms with E-state index in [-0.39, 0.29) is 10.6 Å². The van der Waals surface area contributed by atoms with Gasteiger partial charge in [0.15, 0.2) is 0 Å². The molecule has 1 atom stereocenters. The van der Waals surface area contributed by atoms with Crippen LogP contribution in [0.5, 0.6) is 0 Å². The molecule has 0 radical (unpaired) electrons. The molecule has 0 saturated carbocycles. The second-order valence-electron chi connectivity index (χ2n) is 5.03. The van der Waals surface area contributed by atoms with Crippen LogP contribution in [0.2, 0.25) is 10.0 Å². The molecule has 18 heavy (non-hydrogen) atoms. The van der Waals surface area contributed by atoms with Crippen molar-refractivity contribution in [2.45, 2.75) is 38.5 Å². The molecule has 0 spiro atoms. The first-order chi connectivity index (χ1) is 8.00. The molecule has 1 aromatic rings. The van der Waals surface area contributed by atoms with Gasteiger partial charge < -0.3 is 0 Å². The highest BCUT2D eigenvalue weighted by Crippen LogP contribution is 2.38. The highest BCUT2D eigenvalue weighted by Gasteiger charge is 2.43. The molecule has 6 heteroatoms. The first-order valence-electron chi connectivity index (χ1n) is 5.30. The van der Waals surface area contributed by atoms with Crippen LogP contribution in [-0.2, 0) is 0 Å². The summed E-state index contributed by atoms with van der Waals surface area (Å²) in [6, 6.07) is 2.18. The molecular weight excluding hydrogens is 286 g/mol. The molecule has 1 nitrogen and oxygen atoms in total. The van der Waals surface area contributed by atoms with E-state index in [0.717, 1.165) is 0 Å². The molecule has 0 aromatic heterocycles. The van der Waals surface area contributed by atoms with Crippen molar-refractivity contribution in [3.8, 4) is 0 Å². The average molecular weight is 300 g/mol. The number of nitrogens with one attached hydrogen (secondary N) is 1. The highest BCUT2D eigenvalue weighted by atomic mass is 35.5. The van der Waals surface area contributed by atoms with Gasteiger partial charge in [0.2, 0.25) is 0 Å². The van der Waals surface area contributed by atoms with E-state index < -0.39 is 17.8 Å². The minimum absolute atomic E-state index is 0.00146. The van der Waals surface area contributed by atoms with Crippen LogP contribution in [0.1, 0.15) is 32.4 Å². The Morgan fingerprint density at radius 1 is 1.11 bits per heavy atom. The fourth-order valence-corrected chi connectivity index (χ4v) is 2.02. The lowest BCUT2D eigenvalue weighted by Gasteiger charge is -2.30. The zero-order chi connectivity index (χ0) is 14.1. The van der Waals surface area contributed by atoms with Crippen LogP contribution in [0, 0.1) is 0 Å². The van der Waals surface area contributed by atoms with E-state index in [9.17, 15) is 13.2 Å². The Morgan fingerprint density at radius 3 is 2.06 bits per heavy atom. The predicted molar refractivity (Wildman–Crippen MR) is 68.1 cm³/mol. The maximum atomic E-state index is 13.1.